The zero-order valence-corrected chi connectivity index (χ0v) is 14.9. The van der Waals surface area contributed by atoms with Crippen LogP contribution >= 0.6 is 0 Å². The number of carbonyl (C=O) groups excluding carboxylic acids is 1. The highest BCUT2D eigenvalue weighted by atomic mass is 19.1. The molecule has 0 bridgehead atoms. The number of carbonyl (C=O) groups is 1. The van der Waals surface area contributed by atoms with Crippen molar-refractivity contribution in [1.82, 2.24) is 19.3 Å². The lowest BCUT2D eigenvalue weighted by molar-refractivity contribution is 0.101. The van der Waals surface area contributed by atoms with Crippen molar-refractivity contribution < 1.29 is 13.9 Å². The number of nitrogens with zero attached hydrogens (tertiary/aromatic N) is 5. The zero-order chi connectivity index (χ0) is 19.1. The Labute approximate surface area is 154 Å². The Morgan fingerprint density at radius 3 is 3.04 bits per heavy atom. The van der Waals surface area contributed by atoms with E-state index in [1.807, 2.05) is 4.57 Å². The van der Waals surface area contributed by atoms with Crippen molar-refractivity contribution >= 4 is 22.9 Å². The van der Waals surface area contributed by atoms with Crippen molar-refractivity contribution in [1.29, 1.82) is 5.26 Å². The first kappa shape index (κ1) is 17.0. The number of benzene rings is 1. The largest absolute Gasteiger partial charge is 0.491 e. The molecule has 1 N–H and O–H groups in total. The Balaban J connectivity index is 1.80. The minimum Gasteiger partial charge on any atom is -0.491 e. The number of hydrogen-bond donors (Lipinski definition) is 1. The van der Waals surface area contributed by atoms with E-state index < -0.39 is 11.7 Å². The first-order valence-corrected chi connectivity index (χ1v) is 8.65. The van der Waals surface area contributed by atoms with Gasteiger partial charge in [-0.25, -0.2) is 9.37 Å². The van der Waals surface area contributed by atoms with Crippen LogP contribution in [0.5, 0.6) is 5.75 Å². The number of nitriles is 1. The molecule has 0 radical (unpaired) electrons. The van der Waals surface area contributed by atoms with E-state index in [9.17, 15) is 14.4 Å². The summed E-state index contributed by atoms with van der Waals surface area (Å²) in [6.07, 6.45) is 0.714. The number of rotatable bonds is 3. The molecule has 138 valence electrons. The fourth-order valence-electron chi connectivity index (χ4n) is 3.29. The summed E-state index contributed by atoms with van der Waals surface area (Å²) < 4.78 is 23.2. The van der Waals surface area contributed by atoms with E-state index >= 15 is 0 Å². The molecular weight excluding hydrogens is 351 g/mol. The molecule has 0 fully saturated rings. The summed E-state index contributed by atoms with van der Waals surface area (Å²) in [6.45, 7) is 4.75. The Kier molecular flexibility index (Phi) is 4.03. The van der Waals surface area contributed by atoms with Gasteiger partial charge < -0.3 is 9.30 Å². The summed E-state index contributed by atoms with van der Waals surface area (Å²) in [6, 6.07) is 5.38. The minimum atomic E-state index is -0.642. The van der Waals surface area contributed by atoms with Gasteiger partial charge in [0.2, 0.25) is 5.95 Å². The number of aromatic nitrogens is 4. The third kappa shape index (κ3) is 2.70. The van der Waals surface area contributed by atoms with Crippen LogP contribution in [-0.2, 0) is 13.1 Å². The number of ether oxygens (including phenoxy) is 1. The van der Waals surface area contributed by atoms with Crippen LogP contribution in [0.15, 0.2) is 12.1 Å². The summed E-state index contributed by atoms with van der Waals surface area (Å²) in [7, 11) is 0. The molecule has 1 aliphatic heterocycles. The Morgan fingerprint density at radius 1 is 1.48 bits per heavy atom. The van der Waals surface area contributed by atoms with Gasteiger partial charge in [0.1, 0.15) is 11.3 Å². The van der Waals surface area contributed by atoms with Crippen molar-refractivity contribution in [3.05, 3.63) is 34.9 Å². The van der Waals surface area contributed by atoms with Gasteiger partial charge in [-0.05, 0) is 26.3 Å². The first-order valence-electron chi connectivity index (χ1n) is 8.65. The molecule has 0 saturated heterocycles. The van der Waals surface area contributed by atoms with Gasteiger partial charge in [-0.2, -0.15) is 10.4 Å². The Bertz CT molecular complexity index is 1110. The molecule has 3 aromatic rings. The summed E-state index contributed by atoms with van der Waals surface area (Å²) in [4.78, 5) is 17.2. The minimum absolute atomic E-state index is 0.127. The maximum Gasteiger partial charge on any atom is 0.279 e. The third-order valence-corrected chi connectivity index (χ3v) is 4.51. The molecule has 0 spiro atoms. The van der Waals surface area contributed by atoms with Crippen molar-refractivity contribution in [3.63, 3.8) is 0 Å². The first-order chi connectivity index (χ1) is 13.0. The summed E-state index contributed by atoms with van der Waals surface area (Å²) >= 11 is 0. The summed E-state index contributed by atoms with van der Waals surface area (Å²) in [5.41, 5.74) is 1.72. The Morgan fingerprint density at radius 2 is 2.30 bits per heavy atom. The lowest BCUT2D eigenvalue weighted by atomic mass is 10.2. The highest BCUT2D eigenvalue weighted by Crippen LogP contribution is 2.32. The molecule has 0 saturated carbocycles. The second kappa shape index (κ2) is 6.39. The summed E-state index contributed by atoms with van der Waals surface area (Å²) in [5.74, 6) is -0.418. The van der Waals surface area contributed by atoms with Crippen LogP contribution in [0.2, 0.25) is 0 Å². The van der Waals surface area contributed by atoms with Crippen molar-refractivity contribution in [3.8, 4) is 11.8 Å². The second-order valence-electron chi connectivity index (χ2n) is 6.26. The van der Waals surface area contributed by atoms with E-state index in [1.165, 1.54) is 11.6 Å². The normalized spacial score (nSPS) is 13.1. The van der Waals surface area contributed by atoms with E-state index in [0.29, 0.717) is 48.5 Å². The molecule has 27 heavy (non-hydrogen) atoms. The predicted molar refractivity (Wildman–Crippen MR) is 95.1 cm³/mol. The van der Waals surface area contributed by atoms with Crippen LogP contribution in [0.1, 0.15) is 35.1 Å². The number of imidazole rings is 1. The Hall–Kier alpha value is -3.41. The van der Waals surface area contributed by atoms with Crippen molar-refractivity contribution in [2.75, 3.05) is 11.9 Å². The van der Waals surface area contributed by atoms with Crippen molar-refractivity contribution in [2.45, 2.75) is 33.4 Å². The zero-order valence-electron chi connectivity index (χ0n) is 14.9. The maximum absolute atomic E-state index is 14.4. The van der Waals surface area contributed by atoms with Gasteiger partial charge in [-0.15, -0.1) is 0 Å². The molecule has 1 aromatic carbocycles. The van der Waals surface area contributed by atoms with Gasteiger partial charge in [0.05, 0.1) is 29.5 Å². The highest BCUT2D eigenvalue weighted by Gasteiger charge is 2.25. The molecule has 9 heteroatoms. The summed E-state index contributed by atoms with van der Waals surface area (Å²) in [5, 5.41) is 15.9. The standard InChI is InChI=1S/C18H17FN6O2/c1-3-25-16(14(19)10(2)23-25)17(26)22-18-21-12-7-11(9-20)8-13-15(12)24(18)5-4-6-27-13/h7-8H,3-6H2,1-2H3,(H,21,22,26). The van der Waals surface area contributed by atoms with Crippen LogP contribution in [0, 0.1) is 24.1 Å². The lowest BCUT2D eigenvalue weighted by Gasteiger charge is -2.09. The van der Waals surface area contributed by atoms with Crippen LogP contribution < -0.4 is 10.1 Å². The number of hydrogen-bond acceptors (Lipinski definition) is 5. The maximum atomic E-state index is 14.4. The monoisotopic (exact) mass is 368 g/mol. The lowest BCUT2D eigenvalue weighted by Crippen LogP contribution is -2.21. The van der Waals surface area contributed by atoms with Crippen LogP contribution in [0.4, 0.5) is 10.3 Å². The SMILES string of the molecule is CCn1nc(C)c(F)c1C(=O)Nc1nc2cc(C#N)cc3c2n1CCCO3. The molecule has 0 aliphatic carbocycles. The molecular formula is C18H17FN6O2. The topological polar surface area (TPSA) is 97.8 Å². The fraction of sp³-hybridized carbons (Fsp3) is 0.333. The molecule has 4 rings (SSSR count). The number of aryl methyl sites for hydroxylation is 3. The predicted octanol–water partition coefficient (Wildman–Crippen LogP) is 2.61. The average molecular weight is 368 g/mol. The van der Waals surface area contributed by atoms with E-state index in [2.05, 4.69) is 21.5 Å². The number of amides is 1. The molecule has 8 nitrogen and oxygen atoms in total. The molecule has 0 unspecified atom stereocenters. The molecule has 1 aliphatic rings. The molecule has 2 aromatic heterocycles. The van der Waals surface area contributed by atoms with Gasteiger partial charge in [0.25, 0.3) is 5.91 Å². The fourth-order valence-corrected chi connectivity index (χ4v) is 3.29. The molecule has 1 amide bonds. The van der Waals surface area contributed by atoms with Gasteiger partial charge >= 0.3 is 0 Å². The smallest absolute Gasteiger partial charge is 0.279 e. The van der Waals surface area contributed by atoms with E-state index in [1.54, 1.807) is 19.1 Å². The van der Waals surface area contributed by atoms with Gasteiger partial charge in [-0.3, -0.25) is 14.8 Å². The number of halogens is 1. The average Bonchev–Trinajstić information content (AvgIpc) is 3.04. The van der Waals surface area contributed by atoms with Crippen LogP contribution in [0.25, 0.3) is 11.0 Å². The van der Waals surface area contributed by atoms with Crippen LogP contribution in [-0.4, -0.2) is 31.8 Å². The van der Waals surface area contributed by atoms with E-state index in [4.69, 9.17) is 4.74 Å². The third-order valence-electron chi connectivity index (χ3n) is 4.51. The number of nitrogens with one attached hydrogen (secondary N) is 1. The quantitative estimate of drug-likeness (QED) is 0.766. The van der Waals surface area contributed by atoms with Gasteiger partial charge in [-0.1, -0.05) is 0 Å². The van der Waals surface area contributed by atoms with E-state index in [0.717, 1.165) is 0 Å². The highest BCUT2D eigenvalue weighted by molar-refractivity contribution is 6.03. The van der Waals surface area contributed by atoms with E-state index in [-0.39, 0.29) is 17.3 Å². The van der Waals surface area contributed by atoms with Crippen LogP contribution in [0.3, 0.4) is 0 Å². The number of anilines is 1. The van der Waals surface area contributed by atoms with Gasteiger partial charge in [0, 0.05) is 19.2 Å². The van der Waals surface area contributed by atoms with Gasteiger partial charge in [0.15, 0.2) is 11.5 Å². The van der Waals surface area contributed by atoms with Crippen molar-refractivity contribution in [2.24, 2.45) is 0 Å². The second-order valence-corrected chi connectivity index (χ2v) is 6.26. The molecule has 0 atom stereocenters. The molecule has 3 heterocycles.